The van der Waals surface area contributed by atoms with Gasteiger partial charge in [0.1, 0.15) is 195 Å². The second-order valence-electron chi connectivity index (χ2n) is 37.9. The van der Waals surface area contributed by atoms with Crippen molar-refractivity contribution in [3.8, 4) is 0 Å². The molecule has 38 rings (SSSR count). The van der Waals surface area contributed by atoms with Gasteiger partial charge in [-0.05, 0) is 44.5 Å². The monoisotopic (exact) mass is 2010 g/mol. The average molecular weight is 2010 g/mol. The predicted octanol–water partition coefficient (Wildman–Crippen LogP) is -3.03. The molecule has 30 saturated heterocycles. The Bertz CT molecular complexity index is 4120. The van der Waals surface area contributed by atoms with Crippen molar-refractivity contribution in [2.75, 3.05) is 52.4 Å². The summed E-state index contributed by atoms with van der Waals surface area (Å²) in [5, 5.41) is 230. The Kier molecular flexibility index (Phi) is 38.8. The number of rotatable bonds is 32. The molecule has 24 N–H and O–H groups in total. The summed E-state index contributed by atoms with van der Waals surface area (Å²) in [6.07, 6.45) is -73.7. The Morgan fingerprint density at radius 2 is 0.229 bits per heavy atom. The van der Waals surface area contributed by atoms with Gasteiger partial charge in [-0.25, -0.2) is 0 Å². The molecule has 30 fully saturated rings. The first kappa shape index (κ1) is 107. The number of ether oxygens (including phenoxy) is 16. The van der Waals surface area contributed by atoms with Crippen LogP contribution in [0.4, 0.5) is 0 Å². The molecule has 0 unspecified atom stereocenters. The van der Waals surface area contributed by atoms with Gasteiger partial charge in [-0.2, -0.15) is 0 Å². The SMILES string of the molecule is O[C@@H]1[C@@H](O)[C@H]2O[C@H]3[C@H](O)[C@@H](O)[C@@H](O[C@H]4[C@H](O)[C@@H](O)[C@@H](O[C@H]5[C@H](O)[C@@H](O)[C@@H](O[C@H]6[C@H](O)[C@@H](O)[C@@H](O[C@H]7[C@H](O)[C@@H](O)[C@@H](O[C@H]8[C@H](O)[C@@H](O)[C@@H](O[C@H]9[C@H](O)[C@@H](O)[C@@H](O[C@@H]1[C@@H](CNCc1ccccc1)O2)O[C@@H]9CNCc1ccccc1)O[C@@H]8CNCc1ccccc1)O[C@@H]7CNCc1ccccc1)O[C@@H]6CNCc1ccccc1)O[C@@H]5CNCc1ccccc1)O[C@@H]4CNCc1ccccc1)O[C@@H]3CNCc1ccccc1. The van der Waals surface area contributed by atoms with Crippen LogP contribution < -0.4 is 42.5 Å². The predicted molar refractivity (Wildman–Crippen MR) is 510 cm³/mol. The van der Waals surface area contributed by atoms with Crippen molar-refractivity contribution in [3.05, 3.63) is 287 Å². The Morgan fingerprint density at radius 3 is 0.326 bits per heavy atom. The highest BCUT2D eigenvalue weighted by Crippen LogP contribution is 2.41. The number of hydrogen-bond donors (Lipinski definition) is 24. The van der Waals surface area contributed by atoms with E-state index in [0.717, 1.165) is 44.5 Å². The molecule has 8 aromatic rings. The van der Waals surface area contributed by atoms with Crippen molar-refractivity contribution in [2.24, 2.45) is 0 Å². The second-order valence-corrected chi connectivity index (χ2v) is 37.9. The Morgan fingerprint density at radius 1 is 0.132 bits per heavy atom. The maximum Gasteiger partial charge on any atom is 0.187 e. The molecular weight excluding hydrogens is 1870 g/mol. The van der Waals surface area contributed by atoms with Crippen LogP contribution in [0.2, 0.25) is 0 Å². The van der Waals surface area contributed by atoms with E-state index >= 15 is 0 Å². The van der Waals surface area contributed by atoms with E-state index in [-0.39, 0.29) is 105 Å². The number of nitrogens with one attached hydrogen (secondary N) is 8. The number of benzene rings is 8. The number of aliphatic hydroxyl groups is 16. The summed E-state index contributed by atoms with van der Waals surface area (Å²) >= 11 is 0. The molecular formula is C104H136N8O32. The normalized spacial score (nSPS) is 38.2. The molecule has 0 spiro atoms. The molecule has 784 valence electrons. The first-order chi connectivity index (χ1) is 70.0. The zero-order valence-corrected chi connectivity index (χ0v) is 79.2. The van der Waals surface area contributed by atoms with Crippen molar-refractivity contribution in [1.29, 1.82) is 0 Å². The minimum atomic E-state index is -2.12. The first-order valence-electron chi connectivity index (χ1n) is 49.4. The fraction of sp³-hybridized carbons (Fsp3) is 0.538. The Labute approximate surface area is 833 Å². The standard InChI is InChI=1S/C104H136N8O32/c113-73-81(121)97-129-65(49-105-41-57-25-9-1-10-26-57)89(73)137-98-82(122)74(114)91(67(130-98)51-107-43-59-29-13-3-14-30-59)139-100-84(124)76(116)93(69(132-100)53-109-45-61-33-17-5-18-34-61)141-102-86(126)78(118)95(71(134-102)55-111-47-63-37-21-7-22-38-63)143-104-88(128)80(120)96(72(136-104)56-112-48-64-39-23-8-24-40-64)144-103-87(127)79(119)94(70(135-103)54-110-46-62-35-19-6-20-36-62)142-101-85(125)77(117)92(68(133-101)52-108-44-60-31-15-4-16-32-60)140-99-83(123)75(115)90(138-97)66(131-99)50-106-42-58-27-11-2-12-28-58/h1-40,65-128H,41-56H2/t65-,66-,67-,68-,69-,70-,71-,72-,73-,74-,75-,76-,77-,78-,79-,80-,81-,82-,83-,84-,85-,86-,87-,88-,89-,90-,91-,92-,93-,94-,95-,96-,97-,98-,99-,100-,101-,102-,103-,104-/m1/s1. The molecule has 0 amide bonds. The minimum absolute atomic E-state index is 0.197. The molecule has 30 heterocycles. The number of hydrogen-bond acceptors (Lipinski definition) is 40. The third-order valence-corrected chi connectivity index (χ3v) is 27.6. The minimum Gasteiger partial charge on any atom is -0.387 e. The molecule has 40 nitrogen and oxygen atoms in total. The Hall–Kier alpha value is -7.84. The average Bonchev–Trinajstić information content (AvgIpc) is 0.770. The molecule has 30 aliphatic heterocycles. The fourth-order valence-electron chi connectivity index (χ4n) is 19.7. The van der Waals surface area contributed by atoms with Gasteiger partial charge in [0.25, 0.3) is 0 Å². The highest BCUT2D eigenvalue weighted by atomic mass is 16.8. The van der Waals surface area contributed by atoms with E-state index in [9.17, 15) is 81.7 Å². The molecule has 0 saturated carbocycles. The van der Waals surface area contributed by atoms with Gasteiger partial charge in [-0.15, -0.1) is 0 Å². The lowest BCUT2D eigenvalue weighted by Gasteiger charge is -2.51. The summed E-state index contributed by atoms with van der Waals surface area (Å²) in [7, 11) is 0. The summed E-state index contributed by atoms with van der Waals surface area (Å²) in [6, 6.07) is 73.7. The third kappa shape index (κ3) is 27.1. The van der Waals surface area contributed by atoms with Crippen molar-refractivity contribution in [2.45, 2.75) is 298 Å². The molecule has 0 aromatic heterocycles. The molecule has 0 radical (unpaired) electrons. The van der Waals surface area contributed by atoms with Crippen LogP contribution in [0.15, 0.2) is 243 Å². The lowest BCUT2D eigenvalue weighted by Crippen LogP contribution is -2.70. The molecule has 16 bridgehead atoms. The van der Waals surface area contributed by atoms with Gasteiger partial charge in [-0.3, -0.25) is 0 Å². The zero-order chi connectivity index (χ0) is 100. The highest BCUT2D eigenvalue weighted by Gasteiger charge is 2.61. The van der Waals surface area contributed by atoms with E-state index in [1.54, 1.807) is 0 Å². The molecule has 8 aromatic carbocycles. The maximum atomic E-state index is 12.8. The van der Waals surface area contributed by atoms with E-state index in [1.807, 2.05) is 243 Å². The van der Waals surface area contributed by atoms with Crippen molar-refractivity contribution >= 4 is 0 Å². The van der Waals surface area contributed by atoms with E-state index in [0.29, 0.717) is 0 Å². The largest absolute Gasteiger partial charge is 0.387 e. The van der Waals surface area contributed by atoms with Gasteiger partial charge >= 0.3 is 0 Å². The summed E-state index contributed by atoms with van der Waals surface area (Å²) in [4.78, 5) is 0. The van der Waals surface area contributed by atoms with Crippen LogP contribution >= 0.6 is 0 Å². The van der Waals surface area contributed by atoms with Gasteiger partial charge in [-0.1, -0.05) is 243 Å². The van der Waals surface area contributed by atoms with Gasteiger partial charge in [0.05, 0.1) is 0 Å². The second kappa shape index (κ2) is 52.1. The topological polar surface area (TPSA) is 568 Å². The van der Waals surface area contributed by atoms with E-state index in [2.05, 4.69) is 42.5 Å². The first-order valence-corrected chi connectivity index (χ1v) is 49.4. The van der Waals surface area contributed by atoms with Crippen LogP contribution in [0.3, 0.4) is 0 Å². The van der Waals surface area contributed by atoms with E-state index in [1.165, 1.54) is 0 Å². The van der Waals surface area contributed by atoms with Crippen LogP contribution in [0, 0.1) is 0 Å². The van der Waals surface area contributed by atoms with E-state index in [4.69, 9.17) is 75.8 Å². The zero-order valence-electron chi connectivity index (χ0n) is 79.2. The molecule has 30 aliphatic rings. The lowest BCUT2D eigenvalue weighted by atomic mass is 9.94. The van der Waals surface area contributed by atoms with Crippen LogP contribution in [-0.4, -0.2) is 380 Å². The number of aliphatic hydroxyl groups excluding tert-OH is 16. The molecule has 40 atom stereocenters. The molecule has 144 heavy (non-hydrogen) atoms. The van der Waals surface area contributed by atoms with Gasteiger partial charge in [0, 0.05) is 105 Å². The summed E-state index contributed by atoms with van der Waals surface area (Å²) < 4.78 is 107. The van der Waals surface area contributed by atoms with Gasteiger partial charge in [0.15, 0.2) is 50.3 Å². The summed E-state index contributed by atoms with van der Waals surface area (Å²) in [6.45, 7) is -0.106. The Balaban J connectivity index is 0.722. The van der Waals surface area contributed by atoms with Crippen LogP contribution in [0.5, 0.6) is 0 Å². The fourth-order valence-corrected chi connectivity index (χ4v) is 19.7. The summed E-state index contributed by atoms with van der Waals surface area (Å²) in [5.41, 5.74) is 6.50. The lowest BCUT2D eigenvalue weighted by molar-refractivity contribution is -0.399. The van der Waals surface area contributed by atoms with Crippen molar-refractivity contribution in [1.82, 2.24) is 42.5 Å². The molecule has 40 heteroatoms. The maximum absolute atomic E-state index is 12.8. The van der Waals surface area contributed by atoms with Crippen molar-refractivity contribution in [3.63, 3.8) is 0 Å². The van der Waals surface area contributed by atoms with Gasteiger partial charge in [0.2, 0.25) is 0 Å². The van der Waals surface area contributed by atoms with Crippen molar-refractivity contribution < 1.29 is 157 Å². The quantitative estimate of drug-likeness (QED) is 0.0199. The van der Waals surface area contributed by atoms with E-state index < -0.39 is 246 Å². The van der Waals surface area contributed by atoms with Crippen LogP contribution in [0.25, 0.3) is 0 Å². The third-order valence-electron chi connectivity index (χ3n) is 27.6. The van der Waals surface area contributed by atoms with Crippen LogP contribution in [0.1, 0.15) is 44.5 Å². The molecule has 0 aliphatic carbocycles. The smallest absolute Gasteiger partial charge is 0.187 e. The van der Waals surface area contributed by atoms with Crippen LogP contribution in [-0.2, 0) is 128 Å². The summed E-state index contributed by atoms with van der Waals surface area (Å²) in [5.74, 6) is 0. The highest BCUT2D eigenvalue weighted by molar-refractivity contribution is 5.22. The van der Waals surface area contributed by atoms with Gasteiger partial charge < -0.3 is 200 Å².